The molecule has 0 aliphatic heterocycles. The second-order valence-electron chi connectivity index (χ2n) is 4.47. The van der Waals surface area contributed by atoms with Gasteiger partial charge in [0, 0.05) is 22.9 Å². The summed E-state index contributed by atoms with van der Waals surface area (Å²) >= 11 is 7.42. The molecule has 21 heavy (non-hydrogen) atoms. The van der Waals surface area contributed by atoms with E-state index in [9.17, 15) is 4.39 Å². The van der Waals surface area contributed by atoms with Gasteiger partial charge in [0.2, 0.25) is 5.89 Å². The number of benzene rings is 1. The van der Waals surface area contributed by atoms with E-state index in [1.807, 2.05) is 0 Å². The quantitative estimate of drug-likeness (QED) is 0.590. The Morgan fingerprint density at radius 2 is 2.10 bits per heavy atom. The Labute approximate surface area is 131 Å². The Kier molecular flexibility index (Phi) is 6.48. The van der Waals surface area contributed by atoms with Crippen LogP contribution in [0.4, 0.5) is 4.39 Å². The first-order valence-corrected chi connectivity index (χ1v) is 8.06. The summed E-state index contributed by atoms with van der Waals surface area (Å²) in [5.74, 6) is 0.820. The van der Waals surface area contributed by atoms with Crippen molar-refractivity contribution in [2.24, 2.45) is 0 Å². The highest BCUT2D eigenvalue weighted by Crippen LogP contribution is 2.24. The van der Waals surface area contributed by atoms with Crippen LogP contribution < -0.4 is 0 Å². The average Bonchev–Trinajstić information content (AvgIpc) is 2.91. The van der Waals surface area contributed by atoms with Gasteiger partial charge in [-0.25, -0.2) is 4.39 Å². The number of hydrogen-bond acceptors (Lipinski definition) is 5. The van der Waals surface area contributed by atoms with Crippen LogP contribution in [0.3, 0.4) is 0 Å². The van der Waals surface area contributed by atoms with E-state index in [1.54, 1.807) is 12.1 Å². The maximum absolute atomic E-state index is 13.7. The molecule has 0 unspecified atom stereocenters. The molecule has 0 bridgehead atoms. The van der Waals surface area contributed by atoms with Crippen molar-refractivity contribution in [2.45, 2.75) is 30.9 Å². The lowest BCUT2D eigenvalue weighted by molar-refractivity contribution is 0.284. The van der Waals surface area contributed by atoms with Gasteiger partial charge in [-0.1, -0.05) is 35.9 Å². The molecule has 1 aromatic carbocycles. The lowest BCUT2D eigenvalue weighted by Gasteiger charge is -2.02. The van der Waals surface area contributed by atoms with Crippen molar-refractivity contribution in [3.8, 4) is 0 Å². The molecule has 0 aliphatic carbocycles. The lowest BCUT2D eigenvalue weighted by atomic mass is 10.1. The largest absolute Gasteiger partial charge is 0.416 e. The van der Waals surface area contributed by atoms with Gasteiger partial charge in [0.1, 0.15) is 5.82 Å². The van der Waals surface area contributed by atoms with Crippen LogP contribution >= 0.6 is 23.4 Å². The Morgan fingerprint density at radius 3 is 2.86 bits per heavy atom. The molecule has 0 saturated carbocycles. The highest BCUT2D eigenvalue weighted by atomic mass is 35.5. The number of aromatic nitrogens is 2. The zero-order valence-corrected chi connectivity index (χ0v) is 13.0. The molecular formula is C14H16ClFN2O2S. The zero-order chi connectivity index (χ0) is 15.1. The first-order chi connectivity index (χ1) is 10.2. The number of unbranched alkanes of at least 4 members (excludes halogenated alkanes) is 2. The van der Waals surface area contributed by atoms with Gasteiger partial charge in [0.25, 0.3) is 5.22 Å². The van der Waals surface area contributed by atoms with Crippen LogP contribution in [-0.4, -0.2) is 27.7 Å². The average molecular weight is 331 g/mol. The van der Waals surface area contributed by atoms with Crippen LogP contribution in [0.15, 0.2) is 27.8 Å². The van der Waals surface area contributed by atoms with Crippen molar-refractivity contribution in [3.05, 3.63) is 40.5 Å². The van der Waals surface area contributed by atoms with E-state index >= 15 is 0 Å². The van der Waals surface area contributed by atoms with E-state index in [-0.39, 0.29) is 18.8 Å². The van der Waals surface area contributed by atoms with Gasteiger partial charge in [0.05, 0.1) is 6.42 Å². The van der Waals surface area contributed by atoms with E-state index in [2.05, 4.69) is 10.2 Å². The number of halogens is 2. The molecule has 114 valence electrons. The lowest BCUT2D eigenvalue weighted by Crippen LogP contribution is -1.94. The molecule has 0 radical (unpaired) electrons. The molecule has 1 aromatic heterocycles. The monoisotopic (exact) mass is 330 g/mol. The molecule has 0 amide bonds. The second-order valence-corrected chi connectivity index (χ2v) is 5.92. The minimum Gasteiger partial charge on any atom is -0.416 e. The summed E-state index contributed by atoms with van der Waals surface area (Å²) < 4.78 is 19.1. The fraction of sp³-hybridized carbons (Fsp3) is 0.429. The van der Waals surface area contributed by atoms with Crippen LogP contribution in [-0.2, 0) is 6.42 Å². The molecule has 0 atom stereocenters. The van der Waals surface area contributed by atoms with Crippen molar-refractivity contribution in [3.63, 3.8) is 0 Å². The van der Waals surface area contributed by atoms with Gasteiger partial charge < -0.3 is 9.52 Å². The zero-order valence-electron chi connectivity index (χ0n) is 11.4. The Bertz CT molecular complexity index is 560. The SMILES string of the molecule is OCCCCCSc1nnc(Cc2c(F)cccc2Cl)o1. The number of nitrogens with zero attached hydrogens (tertiary/aromatic N) is 2. The maximum Gasteiger partial charge on any atom is 0.276 e. The van der Waals surface area contributed by atoms with Crippen LogP contribution in [0.1, 0.15) is 30.7 Å². The third kappa shape index (κ3) is 4.98. The minimum atomic E-state index is -0.376. The summed E-state index contributed by atoms with van der Waals surface area (Å²) in [6, 6.07) is 4.55. The first-order valence-electron chi connectivity index (χ1n) is 6.69. The second kappa shape index (κ2) is 8.36. The van der Waals surface area contributed by atoms with E-state index < -0.39 is 0 Å². The highest BCUT2D eigenvalue weighted by Gasteiger charge is 2.13. The molecule has 0 fully saturated rings. The van der Waals surface area contributed by atoms with Gasteiger partial charge in [-0.15, -0.1) is 10.2 Å². The molecule has 1 N–H and O–H groups in total. The summed E-state index contributed by atoms with van der Waals surface area (Å²) in [5.41, 5.74) is 0.363. The van der Waals surface area contributed by atoms with Crippen LogP contribution in [0.5, 0.6) is 0 Å². The van der Waals surface area contributed by atoms with E-state index in [0.29, 0.717) is 21.7 Å². The third-order valence-corrected chi connectivity index (χ3v) is 4.12. The van der Waals surface area contributed by atoms with Crippen molar-refractivity contribution < 1.29 is 13.9 Å². The molecular weight excluding hydrogens is 315 g/mol. The molecule has 4 nitrogen and oxygen atoms in total. The smallest absolute Gasteiger partial charge is 0.276 e. The van der Waals surface area contributed by atoms with Gasteiger partial charge in [-0.2, -0.15) is 0 Å². The molecule has 0 aliphatic rings. The molecule has 2 rings (SSSR count). The normalized spacial score (nSPS) is 11.0. The highest BCUT2D eigenvalue weighted by molar-refractivity contribution is 7.99. The Morgan fingerprint density at radius 1 is 1.24 bits per heavy atom. The van der Waals surface area contributed by atoms with Crippen molar-refractivity contribution in [1.82, 2.24) is 10.2 Å². The van der Waals surface area contributed by atoms with Gasteiger partial charge in [0.15, 0.2) is 0 Å². The van der Waals surface area contributed by atoms with Crippen molar-refractivity contribution in [1.29, 1.82) is 0 Å². The summed E-state index contributed by atoms with van der Waals surface area (Å²) in [6.07, 6.45) is 2.93. The van der Waals surface area contributed by atoms with Gasteiger partial charge in [-0.05, 0) is 25.0 Å². The van der Waals surface area contributed by atoms with E-state index in [4.69, 9.17) is 21.1 Å². The Hall–Kier alpha value is -1.11. The molecule has 0 spiro atoms. The van der Waals surface area contributed by atoms with Gasteiger partial charge in [-0.3, -0.25) is 0 Å². The van der Waals surface area contributed by atoms with E-state index in [0.717, 1.165) is 25.0 Å². The maximum atomic E-state index is 13.7. The number of thioether (sulfide) groups is 1. The predicted molar refractivity (Wildman–Crippen MR) is 80.2 cm³/mol. The van der Waals surface area contributed by atoms with E-state index in [1.165, 1.54) is 17.8 Å². The Balaban J connectivity index is 1.88. The summed E-state index contributed by atoms with van der Waals surface area (Å²) in [5, 5.41) is 17.3. The van der Waals surface area contributed by atoms with Crippen LogP contribution in [0.2, 0.25) is 5.02 Å². The van der Waals surface area contributed by atoms with Crippen LogP contribution in [0.25, 0.3) is 0 Å². The number of aliphatic hydroxyl groups is 1. The molecule has 1 heterocycles. The van der Waals surface area contributed by atoms with Crippen molar-refractivity contribution >= 4 is 23.4 Å². The molecule has 2 aromatic rings. The predicted octanol–water partition coefficient (Wildman–Crippen LogP) is 3.71. The minimum absolute atomic E-state index is 0.184. The summed E-state index contributed by atoms with van der Waals surface area (Å²) in [4.78, 5) is 0. The summed E-state index contributed by atoms with van der Waals surface area (Å²) in [7, 11) is 0. The summed E-state index contributed by atoms with van der Waals surface area (Å²) in [6.45, 7) is 0.221. The topological polar surface area (TPSA) is 59.2 Å². The van der Waals surface area contributed by atoms with Gasteiger partial charge >= 0.3 is 0 Å². The first kappa shape index (κ1) is 16.3. The number of rotatable bonds is 8. The third-order valence-electron chi connectivity index (χ3n) is 2.87. The number of aliphatic hydroxyl groups excluding tert-OH is 1. The standard InChI is InChI=1S/C14H16ClFN2O2S/c15-11-5-4-6-12(16)10(11)9-13-17-18-14(20-13)21-8-3-1-2-7-19/h4-6,19H,1-3,7-9H2. The molecule has 0 saturated heterocycles. The van der Waals surface area contributed by atoms with Crippen molar-refractivity contribution in [2.75, 3.05) is 12.4 Å². The fourth-order valence-electron chi connectivity index (χ4n) is 1.77. The number of hydrogen-bond donors (Lipinski definition) is 1. The fourth-order valence-corrected chi connectivity index (χ4v) is 2.78. The van der Waals surface area contributed by atoms with Crippen LogP contribution in [0, 0.1) is 5.82 Å². The molecule has 7 heteroatoms.